The zero-order valence-electron chi connectivity index (χ0n) is 14.8. The Labute approximate surface area is 156 Å². The zero-order valence-corrected chi connectivity index (χ0v) is 14.8. The van der Waals surface area contributed by atoms with E-state index in [0.717, 1.165) is 5.56 Å². The topological polar surface area (TPSA) is 113 Å². The molecule has 0 aromatic heterocycles. The maximum absolute atomic E-state index is 12.3. The minimum Gasteiger partial charge on any atom is -0.378 e. The molecule has 0 bridgehead atoms. The van der Waals surface area contributed by atoms with Gasteiger partial charge in [0.15, 0.2) is 0 Å². The molecule has 0 atom stereocenters. The van der Waals surface area contributed by atoms with Crippen molar-refractivity contribution in [2.24, 2.45) is 0 Å². The number of rotatable bonds is 8. The standard InChI is InChI=1S/C19H20N4O4/c1-14(24)22-17(13-15-7-3-2-4-8-15)19(25)21-12-11-20-16-9-5-6-10-18(16)23(26)27/h2-10,13,20H,11-12H2,1H3,(H,21,25)(H,22,24)/b17-13-. The van der Waals surface area contributed by atoms with Crippen LogP contribution in [0.5, 0.6) is 0 Å². The molecule has 2 amide bonds. The zero-order chi connectivity index (χ0) is 19.6. The number of nitro groups is 1. The summed E-state index contributed by atoms with van der Waals surface area (Å²) in [5, 5.41) is 19.1. The SMILES string of the molecule is CC(=O)N/C(=C\c1ccccc1)C(=O)NCCNc1ccccc1[N+](=O)[O-]. The fourth-order valence-electron chi connectivity index (χ4n) is 2.31. The van der Waals surface area contributed by atoms with E-state index in [-0.39, 0.29) is 30.4 Å². The number of hydrogen-bond donors (Lipinski definition) is 3. The van der Waals surface area contributed by atoms with Crippen LogP contribution in [0.2, 0.25) is 0 Å². The highest BCUT2D eigenvalue weighted by Gasteiger charge is 2.13. The molecule has 2 aromatic carbocycles. The van der Waals surface area contributed by atoms with Crippen LogP contribution in [0, 0.1) is 10.1 Å². The summed E-state index contributed by atoms with van der Waals surface area (Å²) in [6.45, 7) is 1.83. The number of nitro benzene ring substituents is 1. The lowest BCUT2D eigenvalue weighted by Gasteiger charge is -2.11. The van der Waals surface area contributed by atoms with Crippen molar-refractivity contribution in [1.29, 1.82) is 0 Å². The summed E-state index contributed by atoms with van der Waals surface area (Å²) in [4.78, 5) is 34.2. The Bertz CT molecular complexity index is 850. The molecule has 0 spiro atoms. The Morgan fingerprint density at radius 1 is 1.04 bits per heavy atom. The van der Waals surface area contributed by atoms with Crippen LogP contribution in [-0.4, -0.2) is 29.8 Å². The van der Waals surface area contributed by atoms with E-state index in [4.69, 9.17) is 0 Å². The molecule has 0 aliphatic heterocycles. The van der Waals surface area contributed by atoms with Gasteiger partial charge in [0.05, 0.1) is 4.92 Å². The normalized spacial score (nSPS) is 10.8. The second-order valence-electron chi connectivity index (χ2n) is 5.61. The van der Waals surface area contributed by atoms with Gasteiger partial charge in [0.25, 0.3) is 11.6 Å². The van der Waals surface area contributed by atoms with E-state index in [2.05, 4.69) is 16.0 Å². The molecule has 0 aliphatic rings. The number of carbonyl (C=O) groups excluding carboxylic acids is 2. The van der Waals surface area contributed by atoms with Gasteiger partial charge in [-0.05, 0) is 17.7 Å². The summed E-state index contributed by atoms with van der Waals surface area (Å²) >= 11 is 0. The number of anilines is 1. The van der Waals surface area contributed by atoms with Crippen molar-refractivity contribution < 1.29 is 14.5 Å². The van der Waals surface area contributed by atoms with Crippen LogP contribution in [0.3, 0.4) is 0 Å². The first-order chi connectivity index (χ1) is 13.0. The summed E-state index contributed by atoms with van der Waals surface area (Å²) in [5.74, 6) is -0.802. The Morgan fingerprint density at radius 3 is 2.37 bits per heavy atom. The molecule has 27 heavy (non-hydrogen) atoms. The lowest BCUT2D eigenvalue weighted by Crippen LogP contribution is -2.36. The van der Waals surface area contributed by atoms with Crippen LogP contribution >= 0.6 is 0 Å². The fraction of sp³-hybridized carbons (Fsp3) is 0.158. The van der Waals surface area contributed by atoms with E-state index in [1.165, 1.54) is 13.0 Å². The number of hydrogen-bond acceptors (Lipinski definition) is 5. The van der Waals surface area contributed by atoms with Crippen molar-refractivity contribution in [3.63, 3.8) is 0 Å². The molecular weight excluding hydrogens is 348 g/mol. The molecule has 0 saturated carbocycles. The number of benzene rings is 2. The van der Waals surface area contributed by atoms with Crippen molar-refractivity contribution in [2.45, 2.75) is 6.92 Å². The number of nitrogens with zero attached hydrogens (tertiary/aromatic N) is 1. The van der Waals surface area contributed by atoms with Gasteiger partial charge in [0, 0.05) is 26.1 Å². The molecule has 2 rings (SSSR count). The van der Waals surface area contributed by atoms with Gasteiger partial charge in [-0.25, -0.2) is 0 Å². The second-order valence-corrected chi connectivity index (χ2v) is 5.61. The molecule has 0 radical (unpaired) electrons. The number of nitrogens with one attached hydrogen (secondary N) is 3. The summed E-state index contributed by atoms with van der Waals surface area (Å²) in [5.41, 5.74) is 1.24. The molecule has 140 valence electrons. The predicted octanol–water partition coefficient (Wildman–Crippen LogP) is 2.30. The number of carbonyl (C=O) groups is 2. The molecule has 0 heterocycles. The highest BCUT2D eigenvalue weighted by molar-refractivity contribution is 6.00. The van der Waals surface area contributed by atoms with Gasteiger partial charge in [-0.3, -0.25) is 19.7 Å². The maximum atomic E-state index is 12.3. The van der Waals surface area contributed by atoms with Crippen molar-refractivity contribution in [1.82, 2.24) is 10.6 Å². The monoisotopic (exact) mass is 368 g/mol. The molecular formula is C19H20N4O4. The van der Waals surface area contributed by atoms with E-state index in [9.17, 15) is 19.7 Å². The molecule has 0 saturated heterocycles. The van der Waals surface area contributed by atoms with Crippen molar-refractivity contribution >= 4 is 29.3 Å². The lowest BCUT2D eigenvalue weighted by atomic mass is 10.2. The molecule has 8 nitrogen and oxygen atoms in total. The van der Waals surface area contributed by atoms with E-state index < -0.39 is 10.8 Å². The second kappa shape index (κ2) is 9.71. The van der Waals surface area contributed by atoms with Crippen LogP contribution in [-0.2, 0) is 9.59 Å². The minimum atomic E-state index is -0.474. The van der Waals surface area contributed by atoms with Crippen LogP contribution in [0.4, 0.5) is 11.4 Å². The minimum absolute atomic E-state index is 0.0354. The van der Waals surface area contributed by atoms with Gasteiger partial charge >= 0.3 is 0 Å². The summed E-state index contributed by atoms with van der Waals surface area (Å²) in [7, 11) is 0. The third kappa shape index (κ3) is 6.28. The van der Waals surface area contributed by atoms with Crippen molar-refractivity contribution in [2.75, 3.05) is 18.4 Å². The third-order valence-corrected chi connectivity index (χ3v) is 3.49. The third-order valence-electron chi connectivity index (χ3n) is 3.49. The largest absolute Gasteiger partial charge is 0.378 e. The van der Waals surface area contributed by atoms with E-state index >= 15 is 0 Å². The van der Waals surface area contributed by atoms with Crippen molar-refractivity contribution in [3.8, 4) is 0 Å². The average Bonchev–Trinajstić information content (AvgIpc) is 2.65. The molecule has 3 N–H and O–H groups in total. The maximum Gasteiger partial charge on any atom is 0.292 e. The lowest BCUT2D eigenvalue weighted by molar-refractivity contribution is -0.384. The van der Waals surface area contributed by atoms with Gasteiger partial charge < -0.3 is 16.0 Å². The van der Waals surface area contributed by atoms with Gasteiger partial charge in [-0.2, -0.15) is 0 Å². The Hall–Kier alpha value is -3.68. The molecule has 2 aromatic rings. The Kier molecular flexibility index (Phi) is 7.07. The average molecular weight is 368 g/mol. The number of amides is 2. The predicted molar refractivity (Wildman–Crippen MR) is 103 cm³/mol. The first-order valence-corrected chi connectivity index (χ1v) is 8.27. The molecule has 0 aliphatic carbocycles. The first kappa shape index (κ1) is 19.6. The van der Waals surface area contributed by atoms with Crippen LogP contribution in [0.1, 0.15) is 12.5 Å². The first-order valence-electron chi connectivity index (χ1n) is 8.27. The summed E-state index contributed by atoms with van der Waals surface area (Å²) in [6, 6.07) is 15.4. The van der Waals surface area contributed by atoms with E-state index in [1.54, 1.807) is 24.3 Å². The van der Waals surface area contributed by atoms with Crippen LogP contribution in [0.25, 0.3) is 6.08 Å². The highest BCUT2D eigenvalue weighted by atomic mass is 16.6. The van der Waals surface area contributed by atoms with Crippen LogP contribution < -0.4 is 16.0 Å². The quantitative estimate of drug-likeness (QED) is 0.286. The van der Waals surface area contributed by atoms with Crippen molar-refractivity contribution in [3.05, 3.63) is 76.0 Å². The highest BCUT2D eigenvalue weighted by Crippen LogP contribution is 2.22. The number of para-hydroxylation sites is 2. The van der Waals surface area contributed by atoms with Gasteiger partial charge in [0.1, 0.15) is 11.4 Å². The van der Waals surface area contributed by atoms with Gasteiger partial charge in [0.2, 0.25) is 5.91 Å². The van der Waals surface area contributed by atoms with E-state index in [1.807, 2.05) is 30.3 Å². The molecule has 0 fully saturated rings. The van der Waals surface area contributed by atoms with Gasteiger partial charge in [-0.1, -0.05) is 42.5 Å². The van der Waals surface area contributed by atoms with Gasteiger partial charge in [-0.15, -0.1) is 0 Å². The smallest absolute Gasteiger partial charge is 0.292 e. The summed E-state index contributed by atoms with van der Waals surface area (Å²) in [6.07, 6.45) is 1.58. The Balaban J connectivity index is 1.95. The Morgan fingerprint density at radius 2 is 1.70 bits per heavy atom. The fourth-order valence-corrected chi connectivity index (χ4v) is 2.31. The summed E-state index contributed by atoms with van der Waals surface area (Å²) < 4.78 is 0. The van der Waals surface area contributed by atoms with E-state index in [0.29, 0.717) is 5.69 Å². The van der Waals surface area contributed by atoms with Crippen LogP contribution in [0.15, 0.2) is 60.3 Å². The molecule has 0 unspecified atom stereocenters. The molecule has 8 heteroatoms.